The molecule has 0 bridgehead atoms. The third-order valence-electron chi connectivity index (χ3n) is 7.54. The first kappa shape index (κ1) is 30.7. The van der Waals surface area contributed by atoms with Gasteiger partial charge in [0.2, 0.25) is 0 Å². The Kier molecular flexibility index (Phi) is 10.9. The van der Waals surface area contributed by atoms with Crippen LogP contribution >= 0.6 is 24.8 Å². The number of nitrogens with zero attached hydrogens (tertiary/aromatic N) is 2. The quantitative estimate of drug-likeness (QED) is 0.462. The fraction of sp³-hybridized carbons (Fsp3) is 0.556. The summed E-state index contributed by atoms with van der Waals surface area (Å²) < 4.78 is 48.7. The van der Waals surface area contributed by atoms with Crippen molar-refractivity contribution in [1.29, 1.82) is 0 Å². The molecule has 202 valence electrons. The molecule has 0 spiro atoms. The van der Waals surface area contributed by atoms with Crippen LogP contribution in [-0.2, 0) is 6.18 Å². The maximum Gasteiger partial charge on any atom is 0.416 e. The summed E-state index contributed by atoms with van der Waals surface area (Å²) in [4.78, 5) is 4.44. The van der Waals surface area contributed by atoms with Gasteiger partial charge < -0.3 is 19.6 Å². The number of ether oxygens (including phenoxy) is 1. The van der Waals surface area contributed by atoms with Gasteiger partial charge in [-0.3, -0.25) is 0 Å². The summed E-state index contributed by atoms with van der Waals surface area (Å²) in [6, 6.07) is 12.1. The van der Waals surface area contributed by atoms with Crippen molar-refractivity contribution in [3.63, 3.8) is 0 Å². The Hall–Kier alpha value is -1.51. The van der Waals surface area contributed by atoms with Crippen molar-refractivity contribution < 1.29 is 23.0 Å². The highest BCUT2D eigenvalue weighted by atomic mass is 35.5. The van der Waals surface area contributed by atoms with E-state index in [0.29, 0.717) is 24.9 Å². The molecular weight excluding hydrogens is 512 g/mol. The zero-order valence-corrected chi connectivity index (χ0v) is 22.5. The highest BCUT2D eigenvalue weighted by Crippen LogP contribution is 2.48. The minimum absolute atomic E-state index is 0. The van der Waals surface area contributed by atoms with Crippen LogP contribution in [0.3, 0.4) is 0 Å². The Bertz CT molecular complexity index is 961. The highest BCUT2D eigenvalue weighted by molar-refractivity contribution is 5.85. The number of hydrogen-bond donors (Lipinski definition) is 1. The number of rotatable bonds is 6. The molecule has 36 heavy (non-hydrogen) atoms. The molecule has 1 unspecified atom stereocenters. The molecule has 2 fully saturated rings. The van der Waals surface area contributed by atoms with Crippen LogP contribution in [-0.4, -0.2) is 67.4 Å². The molecular formula is C27H37Cl2F3N2O2. The summed E-state index contributed by atoms with van der Waals surface area (Å²) in [5.41, 5.74) is -0.278. The average molecular weight is 550 g/mol. The lowest BCUT2D eigenvalue weighted by molar-refractivity contribution is -0.139. The van der Waals surface area contributed by atoms with E-state index in [9.17, 15) is 18.3 Å². The zero-order chi connectivity index (χ0) is 24.3. The van der Waals surface area contributed by atoms with E-state index in [1.165, 1.54) is 7.11 Å². The van der Waals surface area contributed by atoms with Crippen LogP contribution in [0.15, 0.2) is 42.5 Å². The maximum absolute atomic E-state index is 14.4. The van der Waals surface area contributed by atoms with Gasteiger partial charge in [-0.25, -0.2) is 0 Å². The Morgan fingerprint density at radius 3 is 2.14 bits per heavy atom. The Morgan fingerprint density at radius 1 is 0.972 bits per heavy atom. The zero-order valence-electron chi connectivity index (χ0n) is 20.9. The molecule has 1 saturated carbocycles. The van der Waals surface area contributed by atoms with Gasteiger partial charge in [0.15, 0.2) is 0 Å². The number of likely N-dealkylation sites (N-methyl/N-ethyl adjacent to an activating group) is 1. The molecule has 1 atom stereocenters. The lowest BCUT2D eigenvalue weighted by atomic mass is 9.71. The Labute approximate surface area is 224 Å². The number of benzene rings is 2. The van der Waals surface area contributed by atoms with Crippen molar-refractivity contribution in [2.24, 2.45) is 0 Å². The van der Waals surface area contributed by atoms with Crippen LogP contribution in [0, 0.1) is 0 Å². The highest BCUT2D eigenvalue weighted by Gasteiger charge is 2.45. The molecule has 2 aromatic carbocycles. The number of aliphatic hydroxyl groups is 1. The van der Waals surface area contributed by atoms with Crippen LogP contribution in [0.2, 0.25) is 0 Å². The minimum Gasteiger partial charge on any atom is -0.496 e. The van der Waals surface area contributed by atoms with E-state index < -0.39 is 23.3 Å². The molecule has 2 aliphatic rings. The molecule has 0 radical (unpaired) electrons. The molecule has 9 heteroatoms. The van der Waals surface area contributed by atoms with Crippen molar-refractivity contribution in [1.82, 2.24) is 9.80 Å². The first-order valence-electron chi connectivity index (χ1n) is 12.2. The molecule has 2 aromatic rings. The van der Waals surface area contributed by atoms with Crippen molar-refractivity contribution >= 4 is 24.8 Å². The van der Waals surface area contributed by atoms with Gasteiger partial charge in [0.25, 0.3) is 0 Å². The van der Waals surface area contributed by atoms with E-state index in [0.717, 1.165) is 57.1 Å². The van der Waals surface area contributed by atoms with Crippen LogP contribution in [0.25, 0.3) is 11.1 Å². The molecule has 4 nitrogen and oxygen atoms in total. The molecule has 4 rings (SSSR count). The van der Waals surface area contributed by atoms with Crippen molar-refractivity contribution in [2.45, 2.75) is 49.8 Å². The number of halogens is 5. The van der Waals surface area contributed by atoms with Crippen LogP contribution < -0.4 is 4.74 Å². The predicted molar refractivity (Wildman–Crippen MR) is 143 cm³/mol. The second-order valence-corrected chi connectivity index (χ2v) is 9.82. The summed E-state index contributed by atoms with van der Waals surface area (Å²) in [5, 5.41) is 11.8. The summed E-state index contributed by atoms with van der Waals surface area (Å²) in [5.74, 6) is -0.447. The van der Waals surface area contributed by atoms with Crippen LogP contribution in [0.1, 0.15) is 49.1 Å². The molecule has 0 aromatic heterocycles. The van der Waals surface area contributed by atoms with Gasteiger partial charge in [-0.2, -0.15) is 13.2 Å². The first-order chi connectivity index (χ1) is 16.2. The van der Waals surface area contributed by atoms with Crippen molar-refractivity contribution in [2.75, 3.05) is 46.9 Å². The van der Waals surface area contributed by atoms with Gasteiger partial charge in [0, 0.05) is 44.2 Å². The molecule has 1 aliphatic carbocycles. The van der Waals surface area contributed by atoms with Crippen LogP contribution in [0.5, 0.6) is 5.75 Å². The van der Waals surface area contributed by atoms with Crippen LogP contribution in [0.4, 0.5) is 13.2 Å². The van der Waals surface area contributed by atoms with E-state index in [2.05, 4.69) is 16.8 Å². The average Bonchev–Trinajstić information content (AvgIpc) is 2.83. The fourth-order valence-corrected chi connectivity index (χ4v) is 5.50. The maximum atomic E-state index is 14.4. The lowest BCUT2D eigenvalue weighted by Gasteiger charge is -2.44. The molecule has 1 heterocycles. The number of alkyl halides is 3. The Morgan fingerprint density at radius 2 is 1.58 bits per heavy atom. The second kappa shape index (κ2) is 12.8. The molecule has 0 amide bonds. The third kappa shape index (κ3) is 6.87. The van der Waals surface area contributed by atoms with E-state index in [4.69, 9.17) is 4.74 Å². The molecule has 1 aliphatic heterocycles. The second-order valence-electron chi connectivity index (χ2n) is 9.82. The molecule has 1 N–H and O–H groups in total. The minimum atomic E-state index is -4.55. The third-order valence-corrected chi connectivity index (χ3v) is 7.54. The smallest absolute Gasteiger partial charge is 0.416 e. The predicted octanol–water partition coefficient (Wildman–Crippen LogP) is 6.25. The van der Waals surface area contributed by atoms with Gasteiger partial charge >= 0.3 is 6.18 Å². The van der Waals surface area contributed by atoms with E-state index in [1.807, 2.05) is 30.3 Å². The summed E-state index contributed by atoms with van der Waals surface area (Å²) in [6.07, 6.45) is -0.834. The standard InChI is InChI=1S/C27H35F3N2O2.2ClH/c1-31-13-15-32(16-14-31)19-24(26(33)11-7-4-8-12-26)22-17-21(20-9-5-3-6-10-20)25(34-2)18-23(22)27(28,29)30;;/h3,5-6,9-10,17-18,24,33H,4,7-8,11-16,19H2,1-2H3;2*1H. The van der Waals surface area contributed by atoms with Gasteiger partial charge in [-0.05, 0) is 43.1 Å². The van der Waals surface area contributed by atoms with Gasteiger partial charge in [0.1, 0.15) is 5.75 Å². The number of methoxy groups -OCH3 is 1. The van der Waals surface area contributed by atoms with Gasteiger partial charge in [-0.15, -0.1) is 24.8 Å². The monoisotopic (exact) mass is 548 g/mol. The summed E-state index contributed by atoms with van der Waals surface area (Å²) in [6.45, 7) is 3.72. The summed E-state index contributed by atoms with van der Waals surface area (Å²) >= 11 is 0. The van der Waals surface area contributed by atoms with Gasteiger partial charge in [-0.1, -0.05) is 49.6 Å². The molecule has 1 saturated heterocycles. The first-order valence-corrected chi connectivity index (χ1v) is 12.2. The summed E-state index contributed by atoms with van der Waals surface area (Å²) in [7, 11) is 3.46. The van der Waals surface area contributed by atoms with E-state index >= 15 is 0 Å². The lowest BCUT2D eigenvalue weighted by Crippen LogP contribution is -2.50. The largest absolute Gasteiger partial charge is 0.496 e. The van der Waals surface area contributed by atoms with E-state index in [-0.39, 0.29) is 36.1 Å². The number of piperazine rings is 1. The normalized spacial score (nSPS) is 19.6. The van der Waals surface area contributed by atoms with Crippen molar-refractivity contribution in [3.05, 3.63) is 53.6 Å². The SMILES string of the molecule is COc1cc(C(F)(F)F)c(C(CN2CCN(C)CC2)C2(O)CCCCC2)cc1-c1ccccc1.Cl.Cl. The fourth-order valence-electron chi connectivity index (χ4n) is 5.50. The topological polar surface area (TPSA) is 35.9 Å². The Balaban J connectivity index is 0.00000228. The number of hydrogen-bond acceptors (Lipinski definition) is 4. The van der Waals surface area contributed by atoms with Gasteiger partial charge in [0.05, 0.1) is 18.3 Å². The van der Waals surface area contributed by atoms with E-state index in [1.54, 1.807) is 6.07 Å². The van der Waals surface area contributed by atoms with Crippen molar-refractivity contribution in [3.8, 4) is 16.9 Å².